The summed E-state index contributed by atoms with van der Waals surface area (Å²) in [5.41, 5.74) is 4.03. The van der Waals surface area contributed by atoms with Gasteiger partial charge in [-0.2, -0.15) is 0 Å². The molecule has 3 rings (SSSR count). The lowest BCUT2D eigenvalue weighted by Crippen LogP contribution is -2.24. The summed E-state index contributed by atoms with van der Waals surface area (Å²) < 4.78 is 4.17. The molecular formula is C18H21N5O. The van der Waals surface area contributed by atoms with Gasteiger partial charge in [0, 0.05) is 32.1 Å². The number of nitrogens with one attached hydrogen (secondary N) is 1. The van der Waals surface area contributed by atoms with Gasteiger partial charge in [-0.05, 0) is 6.92 Å². The number of imidazole rings is 2. The zero-order valence-corrected chi connectivity index (χ0v) is 13.9. The highest BCUT2D eigenvalue weighted by molar-refractivity contribution is 5.77. The molecule has 2 aromatic heterocycles. The van der Waals surface area contributed by atoms with Crippen molar-refractivity contribution < 1.29 is 4.79 Å². The summed E-state index contributed by atoms with van der Waals surface area (Å²) in [7, 11) is 0. The Kier molecular flexibility index (Phi) is 4.74. The van der Waals surface area contributed by atoms with Crippen LogP contribution in [0.25, 0.3) is 22.6 Å². The molecule has 1 aromatic carbocycles. The van der Waals surface area contributed by atoms with Gasteiger partial charge in [0.15, 0.2) is 0 Å². The van der Waals surface area contributed by atoms with Gasteiger partial charge in [-0.15, -0.1) is 0 Å². The first-order chi connectivity index (χ1) is 11.7. The molecule has 0 bridgehead atoms. The lowest BCUT2D eigenvalue weighted by atomic mass is 10.1. The SMILES string of the molecule is CCn1cncc1-c1c(-c2ccccc2)ncn1CCNC(C)=O. The topological polar surface area (TPSA) is 64.7 Å². The second kappa shape index (κ2) is 7.12. The van der Waals surface area contributed by atoms with E-state index in [-0.39, 0.29) is 5.91 Å². The summed E-state index contributed by atoms with van der Waals surface area (Å²) in [5, 5.41) is 2.83. The number of hydrogen-bond donors (Lipinski definition) is 1. The van der Waals surface area contributed by atoms with Gasteiger partial charge in [-0.25, -0.2) is 9.97 Å². The highest BCUT2D eigenvalue weighted by Gasteiger charge is 2.17. The minimum Gasteiger partial charge on any atom is -0.355 e. The smallest absolute Gasteiger partial charge is 0.216 e. The lowest BCUT2D eigenvalue weighted by Gasteiger charge is -2.12. The molecule has 0 atom stereocenters. The van der Waals surface area contributed by atoms with Crippen LogP contribution in [-0.4, -0.2) is 31.6 Å². The standard InChI is InChI=1S/C18H21N5O/c1-3-22-12-19-11-16(22)18-17(15-7-5-4-6-8-15)21-13-23(18)10-9-20-14(2)24/h4-8,11-13H,3,9-10H2,1-2H3,(H,20,24). The Morgan fingerprint density at radius 2 is 1.96 bits per heavy atom. The first-order valence-electron chi connectivity index (χ1n) is 8.06. The van der Waals surface area contributed by atoms with Crippen LogP contribution in [0.5, 0.6) is 0 Å². The van der Waals surface area contributed by atoms with Gasteiger partial charge in [0.05, 0.1) is 35.9 Å². The summed E-state index contributed by atoms with van der Waals surface area (Å²) in [6.45, 7) is 5.67. The van der Waals surface area contributed by atoms with Crippen LogP contribution in [0.3, 0.4) is 0 Å². The monoisotopic (exact) mass is 323 g/mol. The van der Waals surface area contributed by atoms with E-state index in [2.05, 4.69) is 43.5 Å². The zero-order valence-electron chi connectivity index (χ0n) is 13.9. The van der Waals surface area contributed by atoms with Crippen LogP contribution in [-0.2, 0) is 17.9 Å². The maximum absolute atomic E-state index is 11.1. The molecule has 3 aromatic rings. The maximum atomic E-state index is 11.1. The molecular weight excluding hydrogens is 302 g/mol. The minimum atomic E-state index is -0.0291. The fourth-order valence-electron chi connectivity index (χ4n) is 2.75. The van der Waals surface area contributed by atoms with Gasteiger partial charge >= 0.3 is 0 Å². The van der Waals surface area contributed by atoms with Crippen molar-refractivity contribution in [3.8, 4) is 22.6 Å². The number of benzene rings is 1. The van der Waals surface area contributed by atoms with E-state index in [1.54, 1.807) is 0 Å². The van der Waals surface area contributed by atoms with Crippen molar-refractivity contribution in [1.82, 2.24) is 24.4 Å². The van der Waals surface area contributed by atoms with E-state index >= 15 is 0 Å². The first-order valence-corrected chi connectivity index (χ1v) is 8.06. The van der Waals surface area contributed by atoms with E-state index in [0.717, 1.165) is 29.2 Å². The van der Waals surface area contributed by atoms with E-state index in [1.165, 1.54) is 6.92 Å². The molecule has 0 saturated heterocycles. The van der Waals surface area contributed by atoms with Gasteiger partial charge in [0.25, 0.3) is 0 Å². The van der Waals surface area contributed by atoms with Crippen molar-refractivity contribution in [3.63, 3.8) is 0 Å². The molecule has 6 heteroatoms. The number of hydrogen-bond acceptors (Lipinski definition) is 3. The van der Waals surface area contributed by atoms with E-state index < -0.39 is 0 Å². The second-order valence-electron chi connectivity index (χ2n) is 5.55. The highest BCUT2D eigenvalue weighted by atomic mass is 16.1. The Morgan fingerprint density at radius 1 is 1.17 bits per heavy atom. The van der Waals surface area contributed by atoms with Crippen LogP contribution in [0.15, 0.2) is 49.2 Å². The number of carbonyl (C=O) groups excluding carboxylic acids is 1. The largest absolute Gasteiger partial charge is 0.355 e. The quantitative estimate of drug-likeness (QED) is 0.758. The third kappa shape index (κ3) is 3.22. The molecule has 0 aliphatic carbocycles. The molecule has 1 N–H and O–H groups in total. The second-order valence-corrected chi connectivity index (χ2v) is 5.55. The van der Waals surface area contributed by atoms with E-state index in [0.29, 0.717) is 13.1 Å². The molecule has 6 nitrogen and oxygen atoms in total. The molecule has 124 valence electrons. The Labute approximate surface area is 141 Å². The number of amides is 1. The molecule has 0 saturated carbocycles. The third-order valence-corrected chi connectivity index (χ3v) is 3.91. The number of nitrogens with zero attached hydrogens (tertiary/aromatic N) is 4. The van der Waals surface area contributed by atoms with Gasteiger partial charge < -0.3 is 14.5 Å². The number of rotatable bonds is 6. The van der Waals surface area contributed by atoms with Crippen LogP contribution in [0.2, 0.25) is 0 Å². The van der Waals surface area contributed by atoms with Crippen LogP contribution < -0.4 is 5.32 Å². The van der Waals surface area contributed by atoms with Gasteiger partial charge in [0.1, 0.15) is 0 Å². The third-order valence-electron chi connectivity index (χ3n) is 3.91. The van der Waals surface area contributed by atoms with Crippen molar-refractivity contribution in [2.75, 3.05) is 6.54 Å². The molecule has 0 radical (unpaired) electrons. The van der Waals surface area contributed by atoms with Gasteiger partial charge in [-0.3, -0.25) is 4.79 Å². The summed E-state index contributed by atoms with van der Waals surface area (Å²) in [6, 6.07) is 10.1. The summed E-state index contributed by atoms with van der Waals surface area (Å²) in [5.74, 6) is -0.0291. The van der Waals surface area contributed by atoms with Crippen molar-refractivity contribution in [3.05, 3.63) is 49.2 Å². The van der Waals surface area contributed by atoms with Crippen LogP contribution >= 0.6 is 0 Å². The Bertz CT molecular complexity index is 819. The molecule has 1 amide bonds. The molecule has 0 fully saturated rings. The van der Waals surface area contributed by atoms with Crippen molar-refractivity contribution in [2.45, 2.75) is 26.9 Å². The number of aryl methyl sites for hydroxylation is 1. The van der Waals surface area contributed by atoms with E-state index in [9.17, 15) is 4.79 Å². The van der Waals surface area contributed by atoms with Crippen molar-refractivity contribution in [1.29, 1.82) is 0 Å². The average molecular weight is 323 g/mol. The normalized spacial score (nSPS) is 10.8. The lowest BCUT2D eigenvalue weighted by molar-refractivity contribution is -0.118. The van der Waals surface area contributed by atoms with Crippen LogP contribution in [0.1, 0.15) is 13.8 Å². The predicted molar refractivity (Wildman–Crippen MR) is 93.2 cm³/mol. The molecule has 0 aliphatic heterocycles. The predicted octanol–water partition coefficient (Wildman–Crippen LogP) is 2.57. The first kappa shape index (κ1) is 16.0. The molecule has 0 spiro atoms. The Balaban J connectivity index is 2.04. The fourth-order valence-corrected chi connectivity index (χ4v) is 2.75. The molecule has 2 heterocycles. The molecule has 0 unspecified atom stereocenters. The minimum absolute atomic E-state index is 0.0291. The van der Waals surface area contributed by atoms with Crippen molar-refractivity contribution in [2.24, 2.45) is 0 Å². The fraction of sp³-hybridized carbons (Fsp3) is 0.278. The maximum Gasteiger partial charge on any atom is 0.216 e. The van der Waals surface area contributed by atoms with Gasteiger partial charge in [-0.1, -0.05) is 30.3 Å². The highest BCUT2D eigenvalue weighted by Crippen LogP contribution is 2.31. The van der Waals surface area contributed by atoms with E-state index in [4.69, 9.17) is 0 Å². The number of aromatic nitrogens is 4. The zero-order chi connectivity index (χ0) is 16.9. The van der Waals surface area contributed by atoms with Crippen LogP contribution in [0, 0.1) is 0 Å². The number of carbonyl (C=O) groups is 1. The average Bonchev–Trinajstić information content (AvgIpc) is 3.21. The Morgan fingerprint density at radius 3 is 2.67 bits per heavy atom. The molecule has 24 heavy (non-hydrogen) atoms. The molecule has 0 aliphatic rings. The van der Waals surface area contributed by atoms with Gasteiger partial charge in [0.2, 0.25) is 5.91 Å². The summed E-state index contributed by atoms with van der Waals surface area (Å²) >= 11 is 0. The van der Waals surface area contributed by atoms with Crippen LogP contribution in [0.4, 0.5) is 0 Å². The summed E-state index contributed by atoms with van der Waals surface area (Å²) in [4.78, 5) is 20.0. The van der Waals surface area contributed by atoms with Crippen molar-refractivity contribution >= 4 is 5.91 Å². The Hall–Kier alpha value is -2.89. The summed E-state index contributed by atoms with van der Waals surface area (Å²) in [6.07, 6.45) is 5.52. The van der Waals surface area contributed by atoms with E-state index in [1.807, 2.05) is 37.1 Å².